The summed E-state index contributed by atoms with van der Waals surface area (Å²) in [5.74, 6) is 0.258. The summed E-state index contributed by atoms with van der Waals surface area (Å²) >= 11 is 0. The number of nitrogens with zero attached hydrogens (tertiary/aromatic N) is 2. The number of imidazole rings is 1. The number of fused-ring (bicyclic) bond motifs is 1. The van der Waals surface area contributed by atoms with Gasteiger partial charge in [0.05, 0.1) is 12.0 Å². The number of methoxy groups -OCH3 is 1. The number of carbonyl (C=O) groups excluding carboxylic acids is 1. The molecule has 3 rings (SSSR count). The molecule has 0 fully saturated rings. The molecule has 160 valence electrons. The molecule has 30 heavy (non-hydrogen) atoms. The van der Waals surface area contributed by atoms with E-state index < -0.39 is 22.0 Å². The Morgan fingerprint density at radius 2 is 1.87 bits per heavy atom. The Bertz CT molecular complexity index is 1180. The van der Waals surface area contributed by atoms with E-state index >= 15 is 0 Å². The maximum atomic E-state index is 12.5. The fourth-order valence-corrected chi connectivity index (χ4v) is 4.54. The number of aromatic amines is 1. The lowest BCUT2D eigenvalue weighted by Crippen LogP contribution is -2.39. The Balaban J connectivity index is 1.85. The second-order valence-corrected chi connectivity index (χ2v) is 8.94. The van der Waals surface area contributed by atoms with Crippen molar-refractivity contribution in [2.24, 2.45) is 0 Å². The van der Waals surface area contributed by atoms with E-state index in [4.69, 9.17) is 0 Å². The molecule has 0 bridgehead atoms. The van der Waals surface area contributed by atoms with Gasteiger partial charge in [-0.15, -0.1) is 0 Å². The Hall–Kier alpha value is -2.78. The van der Waals surface area contributed by atoms with Crippen molar-refractivity contribution in [1.82, 2.24) is 19.7 Å². The average molecular weight is 431 g/mol. The number of H-pyrrole nitrogens is 1. The van der Waals surface area contributed by atoms with Gasteiger partial charge in [-0.1, -0.05) is 19.1 Å². The number of pyridine rings is 1. The molecule has 0 aliphatic rings. The fraction of sp³-hybridized carbons (Fsp3) is 0.381. The van der Waals surface area contributed by atoms with Gasteiger partial charge in [-0.25, -0.2) is 18.4 Å². The van der Waals surface area contributed by atoms with Gasteiger partial charge >= 0.3 is 5.97 Å². The number of ether oxygens (including phenoxy) is 1. The minimum atomic E-state index is -3.83. The SMILES string of the molecule is CCc1nc2c(C)c(Cc3ccc(S(=O)(=O)NC(C)C(=O)OC)cc3)c(C)nc2[nH]1. The molecule has 2 heterocycles. The van der Waals surface area contributed by atoms with E-state index in [-0.39, 0.29) is 4.90 Å². The van der Waals surface area contributed by atoms with Crippen LogP contribution in [-0.2, 0) is 32.4 Å². The van der Waals surface area contributed by atoms with E-state index in [0.717, 1.165) is 45.8 Å². The molecule has 0 aliphatic carbocycles. The van der Waals surface area contributed by atoms with E-state index in [0.29, 0.717) is 6.42 Å². The molecule has 9 heteroatoms. The monoisotopic (exact) mass is 430 g/mol. The Kier molecular flexibility index (Phi) is 6.23. The molecule has 3 aromatic rings. The first-order valence-electron chi connectivity index (χ1n) is 9.70. The normalized spacial score (nSPS) is 12.8. The van der Waals surface area contributed by atoms with E-state index in [1.807, 2.05) is 20.8 Å². The highest BCUT2D eigenvalue weighted by molar-refractivity contribution is 7.89. The summed E-state index contributed by atoms with van der Waals surface area (Å²) in [6.45, 7) is 7.47. The first-order chi connectivity index (χ1) is 14.2. The van der Waals surface area contributed by atoms with Crippen LogP contribution in [0.3, 0.4) is 0 Å². The highest BCUT2D eigenvalue weighted by Crippen LogP contribution is 2.24. The number of carbonyl (C=O) groups is 1. The topological polar surface area (TPSA) is 114 Å². The second kappa shape index (κ2) is 8.53. The number of benzene rings is 1. The van der Waals surface area contributed by atoms with Crippen molar-refractivity contribution in [3.8, 4) is 0 Å². The summed E-state index contributed by atoms with van der Waals surface area (Å²) in [4.78, 5) is 24.1. The van der Waals surface area contributed by atoms with Gasteiger partial charge in [-0.3, -0.25) is 4.79 Å². The summed E-state index contributed by atoms with van der Waals surface area (Å²) in [6.07, 6.45) is 1.42. The molecule has 1 aromatic carbocycles. The fourth-order valence-electron chi connectivity index (χ4n) is 3.35. The van der Waals surface area contributed by atoms with Gasteiger partial charge in [-0.05, 0) is 56.0 Å². The van der Waals surface area contributed by atoms with Gasteiger partial charge < -0.3 is 9.72 Å². The molecule has 0 saturated carbocycles. The number of aryl methyl sites for hydroxylation is 3. The summed E-state index contributed by atoms with van der Waals surface area (Å²) in [6, 6.07) is 5.62. The first kappa shape index (κ1) is 21.9. The minimum Gasteiger partial charge on any atom is -0.468 e. The van der Waals surface area contributed by atoms with Crippen LogP contribution in [0.5, 0.6) is 0 Å². The maximum Gasteiger partial charge on any atom is 0.323 e. The lowest BCUT2D eigenvalue weighted by Gasteiger charge is -2.13. The molecule has 0 saturated heterocycles. The van der Waals surface area contributed by atoms with E-state index in [1.54, 1.807) is 12.1 Å². The quantitative estimate of drug-likeness (QED) is 0.557. The van der Waals surface area contributed by atoms with Gasteiger partial charge in [-0.2, -0.15) is 4.72 Å². The van der Waals surface area contributed by atoms with Crippen LogP contribution in [0.25, 0.3) is 11.2 Å². The van der Waals surface area contributed by atoms with Gasteiger partial charge in [0, 0.05) is 12.1 Å². The molecule has 8 nitrogen and oxygen atoms in total. The third-order valence-corrected chi connectivity index (χ3v) is 6.65. The predicted octanol–water partition coefficient (Wildman–Crippen LogP) is 2.57. The highest BCUT2D eigenvalue weighted by atomic mass is 32.2. The van der Waals surface area contributed by atoms with Crippen LogP contribution in [0.1, 0.15) is 42.1 Å². The van der Waals surface area contributed by atoms with Crippen LogP contribution in [-0.4, -0.2) is 42.5 Å². The lowest BCUT2D eigenvalue weighted by atomic mass is 9.99. The van der Waals surface area contributed by atoms with E-state index in [1.165, 1.54) is 26.2 Å². The molecular weight excluding hydrogens is 404 g/mol. The number of hydrogen-bond acceptors (Lipinski definition) is 6. The van der Waals surface area contributed by atoms with Gasteiger partial charge in [0.2, 0.25) is 10.0 Å². The number of rotatable bonds is 7. The summed E-state index contributed by atoms with van der Waals surface area (Å²) in [5, 5.41) is 0. The van der Waals surface area contributed by atoms with Gasteiger partial charge in [0.1, 0.15) is 17.4 Å². The summed E-state index contributed by atoms with van der Waals surface area (Å²) < 4.78 is 31.8. The summed E-state index contributed by atoms with van der Waals surface area (Å²) in [5.41, 5.74) is 5.67. The van der Waals surface area contributed by atoms with Crippen LogP contribution >= 0.6 is 0 Å². The number of nitrogens with one attached hydrogen (secondary N) is 2. The molecule has 2 aromatic heterocycles. The van der Waals surface area contributed by atoms with Crippen molar-refractivity contribution in [3.05, 3.63) is 52.5 Å². The number of aromatic nitrogens is 3. The van der Waals surface area contributed by atoms with Crippen LogP contribution in [0.2, 0.25) is 0 Å². The minimum absolute atomic E-state index is 0.0870. The van der Waals surface area contributed by atoms with Crippen LogP contribution in [0.4, 0.5) is 0 Å². The van der Waals surface area contributed by atoms with Crippen molar-refractivity contribution < 1.29 is 17.9 Å². The Labute approximate surface area is 176 Å². The third kappa shape index (κ3) is 4.36. The predicted molar refractivity (Wildman–Crippen MR) is 114 cm³/mol. The second-order valence-electron chi connectivity index (χ2n) is 7.22. The Morgan fingerprint density at radius 1 is 1.20 bits per heavy atom. The number of esters is 1. The highest BCUT2D eigenvalue weighted by Gasteiger charge is 2.22. The van der Waals surface area contributed by atoms with Crippen LogP contribution in [0.15, 0.2) is 29.2 Å². The van der Waals surface area contributed by atoms with Crippen molar-refractivity contribution >= 4 is 27.2 Å². The van der Waals surface area contributed by atoms with Crippen molar-refractivity contribution in [2.75, 3.05) is 7.11 Å². The molecule has 2 N–H and O–H groups in total. The van der Waals surface area contributed by atoms with E-state index in [2.05, 4.69) is 24.4 Å². The zero-order valence-electron chi connectivity index (χ0n) is 17.7. The molecule has 1 atom stereocenters. The molecule has 1 unspecified atom stereocenters. The zero-order valence-corrected chi connectivity index (χ0v) is 18.6. The van der Waals surface area contributed by atoms with E-state index in [9.17, 15) is 13.2 Å². The van der Waals surface area contributed by atoms with Crippen molar-refractivity contribution in [3.63, 3.8) is 0 Å². The van der Waals surface area contributed by atoms with Crippen LogP contribution < -0.4 is 4.72 Å². The largest absolute Gasteiger partial charge is 0.468 e. The first-order valence-corrected chi connectivity index (χ1v) is 11.2. The van der Waals surface area contributed by atoms with Gasteiger partial charge in [0.15, 0.2) is 5.65 Å². The third-order valence-electron chi connectivity index (χ3n) is 5.09. The average Bonchev–Trinajstić information content (AvgIpc) is 3.13. The molecule has 0 radical (unpaired) electrons. The molecule has 0 amide bonds. The summed E-state index contributed by atoms with van der Waals surface area (Å²) in [7, 11) is -2.61. The van der Waals surface area contributed by atoms with Gasteiger partial charge in [0.25, 0.3) is 0 Å². The standard InChI is InChI=1S/C21H26N4O4S/c1-6-18-23-19-12(2)17(13(3)22-20(19)24-18)11-15-7-9-16(10-8-15)30(27,28)25-14(4)21(26)29-5/h7-10,14,25H,6,11H2,1-5H3,(H,22,23,24). The molecular formula is C21H26N4O4S. The maximum absolute atomic E-state index is 12.5. The smallest absolute Gasteiger partial charge is 0.323 e. The molecule has 0 aliphatic heterocycles. The number of sulfonamides is 1. The lowest BCUT2D eigenvalue weighted by molar-refractivity contribution is -0.142. The van der Waals surface area contributed by atoms with Crippen LogP contribution in [0, 0.1) is 13.8 Å². The van der Waals surface area contributed by atoms with Crippen molar-refractivity contribution in [2.45, 2.75) is 51.5 Å². The molecule has 0 spiro atoms. The zero-order chi connectivity index (χ0) is 22.1. The number of hydrogen-bond donors (Lipinski definition) is 2. The van der Waals surface area contributed by atoms with Crippen molar-refractivity contribution in [1.29, 1.82) is 0 Å². The Morgan fingerprint density at radius 3 is 2.47 bits per heavy atom.